The van der Waals surface area contributed by atoms with E-state index in [9.17, 15) is 14.4 Å². The van der Waals surface area contributed by atoms with Crippen LogP contribution in [0, 0.1) is 13.8 Å². The molecule has 0 saturated carbocycles. The third kappa shape index (κ3) is 4.78. The maximum absolute atomic E-state index is 12.0. The van der Waals surface area contributed by atoms with Crippen molar-refractivity contribution in [3.05, 3.63) is 70.8 Å². The smallest absolute Gasteiger partial charge is 0.338 e. The molecular weight excluding hydrogens is 306 g/mol. The van der Waals surface area contributed by atoms with Crippen LogP contribution in [-0.2, 0) is 20.7 Å². The molecular formula is C19H19NO4. The maximum atomic E-state index is 12.0. The van der Waals surface area contributed by atoms with Gasteiger partial charge in [-0.15, -0.1) is 0 Å². The highest BCUT2D eigenvalue weighted by atomic mass is 16.5. The number of hydrogen-bond donors (Lipinski definition) is 1. The number of aryl methyl sites for hydroxylation is 1. The minimum Gasteiger partial charge on any atom is -0.452 e. The molecule has 0 radical (unpaired) electrons. The molecule has 0 aromatic heterocycles. The van der Waals surface area contributed by atoms with Crippen LogP contribution in [-0.4, -0.2) is 24.4 Å². The first kappa shape index (κ1) is 17.4. The molecule has 0 saturated heterocycles. The molecule has 0 aliphatic rings. The van der Waals surface area contributed by atoms with Crippen LogP contribution in [0.5, 0.6) is 0 Å². The highest BCUT2D eigenvalue weighted by molar-refractivity contribution is 5.98. The van der Waals surface area contributed by atoms with Gasteiger partial charge in [0.15, 0.2) is 6.61 Å². The van der Waals surface area contributed by atoms with Crippen LogP contribution in [0.25, 0.3) is 0 Å². The van der Waals surface area contributed by atoms with Crippen LogP contribution in [0.1, 0.15) is 27.0 Å². The standard InChI is InChI=1S/C19H19NO4/c1-13-7-6-10-16(14(13)2)19(23)24-12-18(22)20-17(21)11-15-8-4-3-5-9-15/h3-10H,11-12H2,1-2H3,(H,20,21,22). The molecule has 0 spiro atoms. The van der Waals surface area contributed by atoms with Gasteiger partial charge in [-0.25, -0.2) is 4.79 Å². The molecule has 0 heterocycles. The van der Waals surface area contributed by atoms with Gasteiger partial charge in [-0.2, -0.15) is 0 Å². The van der Waals surface area contributed by atoms with Crippen molar-refractivity contribution in [1.29, 1.82) is 0 Å². The van der Waals surface area contributed by atoms with Gasteiger partial charge in [-0.05, 0) is 36.6 Å². The Labute approximate surface area is 140 Å². The van der Waals surface area contributed by atoms with Crippen molar-refractivity contribution in [2.24, 2.45) is 0 Å². The van der Waals surface area contributed by atoms with Crippen molar-refractivity contribution >= 4 is 17.8 Å². The number of carbonyl (C=O) groups is 3. The van der Waals surface area contributed by atoms with E-state index in [0.29, 0.717) is 5.56 Å². The Morgan fingerprint density at radius 2 is 1.62 bits per heavy atom. The van der Waals surface area contributed by atoms with Crippen LogP contribution in [0.2, 0.25) is 0 Å². The second-order valence-electron chi connectivity index (χ2n) is 5.46. The number of imide groups is 1. The Hall–Kier alpha value is -2.95. The van der Waals surface area contributed by atoms with Gasteiger partial charge in [-0.3, -0.25) is 14.9 Å². The van der Waals surface area contributed by atoms with Gasteiger partial charge in [0.1, 0.15) is 0 Å². The van der Waals surface area contributed by atoms with Crippen molar-refractivity contribution in [3.8, 4) is 0 Å². The van der Waals surface area contributed by atoms with Gasteiger partial charge in [0.05, 0.1) is 12.0 Å². The van der Waals surface area contributed by atoms with Gasteiger partial charge >= 0.3 is 5.97 Å². The van der Waals surface area contributed by atoms with E-state index < -0.39 is 24.4 Å². The fourth-order valence-corrected chi connectivity index (χ4v) is 2.20. The van der Waals surface area contributed by atoms with Crippen LogP contribution in [0.4, 0.5) is 0 Å². The Morgan fingerprint density at radius 1 is 0.917 bits per heavy atom. The van der Waals surface area contributed by atoms with Gasteiger partial charge in [0, 0.05) is 0 Å². The van der Waals surface area contributed by atoms with Gasteiger partial charge in [0.2, 0.25) is 5.91 Å². The summed E-state index contributed by atoms with van der Waals surface area (Å²) in [5.74, 6) is -1.66. The predicted molar refractivity (Wildman–Crippen MR) is 89.5 cm³/mol. The summed E-state index contributed by atoms with van der Waals surface area (Å²) in [6.07, 6.45) is 0.0948. The molecule has 124 valence electrons. The number of rotatable bonds is 5. The number of ether oxygens (including phenoxy) is 1. The van der Waals surface area contributed by atoms with E-state index in [1.807, 2.05) is 38.1 Å². The largest absolute Gasteiger partial charge is 0.452 e. The molecule has 0 aliphatic heterocycles. The molecule has 24 heavy (non-hydrogen) atoms. The quantitative estimate of drug-likeness (QED) is 0.857. The Bertz CT molecular complexity index is 753. The molecule has 2 aromatic carbocycles. The zero-order valence-corrected chi connectivity index (χ0v) is 13.7. The van der Waals surface area contributed by atoms with Crippen LogP contribution < -0.4 is 5.32 Å². The molecule has 1 N–H and O–H groups in total. The number of carbonyl (C=O) groups excluding carboxylic acids is 3. The van der Waals surface area contributed by atoms with Crippen molar-refractivity contribution in [2.45, 2.75) is 20.3 Å². The normalized spacial score (nSPS) is 10.1. The number of hydrogen-bond acceptors (Lipinski definition) is 4. The predicted octanol–water partition coefficient (Wildman–Crippen LogP) is 2.35. The van der Waals surface area contributed by atoms with Crippen molar-refractivity contribution < 1.29 is 19.1 Å². The van der Waals surface area contributed by atoms with Crippen LogP contribution >= 0.6 is 0 Å². The zero-order valence-electron chi connectivity index (χ0n) is 13.7. The fourth-order valence-electron chi connectivity index (χ4n) is 2.20. The second-order valence-corrected chi connectivity index (χ2v) is 5.46. The molecule has 0 unspecified atom stereocenters. The summed E-state index contributed by atoms with van der Waals surface area (Å²) in [4.78, 5) is 35.5. The Balaban J connectivity index is 1.83. The maximum Gasteiger partial charge on any atom is 0.338 e. The molecule has 2 amide bonds. The van der Waals surface area contributed by atoms with Gasteiger partial charge in [0.25, 0.3) is 5.91 Å². The Kier molecular flexibility index (Phi) is 5.84. The van der Waals surface area contributed by atoms with E-state index in [4.69, 9.17) is 4.74 Å². The first-order valence-electron chi connectivity index (χ1n) is 7.57. The highest BCUT2D eigenvalue weighted by Gasteiger charge is 2.15. The molecule has 0 bridgehead atoms. The third-order valence-electron chi connectivity index (χ3n) is 3.65. The molecule has 2 aromatic rings. The van der Waals surface area contributed by atoms with Gasteiger partial charge in [-0.1, -0.05) is 42.5 Å². The number of nitrogens with one attached hydrogen (secondary N) is 1. The Morgan fingerprint density at radius 3 is 2.33 bits per heavy atom. The van der Waals surface area contributed by atoms with Crippen molar-refractivity contribution in [3.63, 3.8) is 0 Å². The molecule has 5 heteroatoms. The van der Waals surface area contributed by atoms with Crippen molar-refractivity contribution in [2.75, 3.05) is 6.61 Å². The molecule has 0 fully saturated rings. The lowest BCUT2D eigenvalue weighted by Gasteiger charge is -2.09. The summed E-state index contributed by atoms with van der Waals surface area (Å²) in [5.41, 5.74) is 2.99. The summed E-state index contributed by atoms with van der Waals surface area (Å²) in [6, 6.07) is 14.4. The number of amides is 2. The molecule has 0 atom stereocenters. The first-order chi connectivity index (χ1) is 11.5. The molecule has 0 aliphatic carbocycles. The zero-order chi connectivity index (χ0) is 17.5. The minimum absolute atomic E-state index is 0.0948. The average Bonchev–Trinajstić information content (AvgIpc) is 2.56. The first-order valence-corrected chi connectivity index (χ1v) is 7.57. The third-order valence-corrected chi connectivity index (χ3v) is 3.65. The highest BCUT2D eigenvalue weighted by Crippen LogP contribution is 2.13. The monoisotopic (exact) mass is 325 g/mol. The van der Waals surface area contributed by atoms with E-state index in [1.165, 1.54) is 0 Å². The lowest BCUT2D eigenvalue weighted by atomic mass is 10.0. The SMILES string of the molecule is Cc1cccc(C(=O)OCC(=O)NC(=O)Cc2ccccc2)c1C. The fraction of sp³-hybridized carbons (Fsp3) is 0.211. The summed E-state index contributed by atoms with van der Waals surface area (Å²) >= 11 is 0. The van der Waals surface area contributed by atoms with Crippen LogP contribution in [0.3, 0.4) is 0 Å². The van der Waals surface area contributed by atoms with E-state index >= 15 is 0 Å². The minimum atomic E-state index is -0.644. The topological polar surface area (TPSA) is 72.5 Å². The van der Waals surface area contributed by atoms with E-state index in [1.54, 1.807) is 24.3 Å². The molecule has 2 rings (SSSR count). The second kappa shape index (κ2) is 8.06. The van der Waals surface area contributed by atoms with Crippen molar-refractivity contribution in [1.82, 2.24) is 5.32 Å². The van der Waals surface area contributed by atoms with Gasteiger partial charge < -0.3 is 4.74 Å². The summed E-state index contributed by atoms with van der Waals surface area (Å²) in [6.45, 7) is 3.21. The average molecular weight is 325 g/mol. The number of benzene rings is 2. The van der Waals surface area contributed by atoms with Crippen LogP contribution in [0.15, 0.2) is 48.5 Å². The number of esters is 1. The lowest BCUT2D eigenvalue weighted by molar-refractivity contribution is -0.132. The summed E-state index contributed by atoms with van der Waals surface area (Å²) < 4.78 is 4.97. The van der Waals surface area contributed by atoms with E-state index in [0.717, 1.165) is 16.7 Å². The summed E-state index contributed by atoms with van der Waals surface area (Å²) in [7, 11) is 0. The lowest BCUT2D eigenvalue weighted by Crippen LogP contribution is -2.35. The summed E-state index contributed by atoms with van der Waals surface area (Å²) in [5, 5.41) is 2.21. The molecule has 5 nitrogen and oxygen atoms in total. The van der Waals surface area contributed by atoms with E-state index in [-0.39, 0.29) is 6.42 Å². The van der Waals surface area contributed by atoms with E-state index in [2.05, 4.69) is 5.32 Å².